The topological polar surface area (TPSA) is 75.5 Å². The summed E-state index contributed by atoms with van der Waals surface area (Å²) in [5.41, 5.74) is 4.12. The molecule has 1 fully saturated rings. The average Bonchev–Trinajstić information content (AvgIpc) is 3.24. The molecule has 168 valence electrons. The molecule has 0 bridgehead atoms. The van der Waals surface area contributed by atoms with Crippen LogP contribution in [0.3, 0.4) is 0 Å². The van der Waals surface area contributed by atoms with Gasteiger partial charge >= 0.3 is 0 Å². The molecule has 0 aliphatic carbocycles. The second kappa shape index (κ2) is 8.88. The van der Waals surface area contributed by atoms with E-state index >= 15 is 0 Å². The Kier molecular flexibility index (Phi) is 6.17. The molecule has 0 spiro atoms. The monoisotopic (exact) mass is 452 g/mol. The number of carbonyl (C=O) groups excluding carboxylic acids is 1. The lowest BCUT2D eigenvalue weighted by molar-refractivity contribution is 0.0687. The molecule has 0 saturated carbocycles. The minimum Gasteiger partial charge on any atom is -0.338 e. The Labute approximate surface area is 189 Å². The molecule has 0 unspecified atom stereocenters. The van der Waals surface area contributed by atoms with E-state index in [2.05, 4.69) is 0 Å². The van der Waals surface area contributed by atoms with Crippen molar-refractivity contribution in [3.63, 3.8) is 0 Å². The van der Waals surface area contributed by atoms with Crippen molar-refractivity contribution in [3.05, 3.63) is 71.9 Å². The van der Waals surface area contributed by atoms with E-state index in [0.29, 0.717) is 37.2 Å². The van der Waals surface area contributed by atoms with Crippen LogP contribution in [0.2, 0.25) is 0 Å². The second-order valence-electron chi connectivity index (χ2n) is 8.34. The average molecular weight is 453 g/mol. The number of carbonyl (C=O) groups is 1. The van der Waals surface area contributed by atoms with E-state index < -0.39 is 10.0 Å². The summed E-state index contributed by atoms with van der Waals surface area (Å²) >= 11 is 0. The minimum absolute atomic E-state index is 0.0809. The number of aromatic nitrogens is 2. The van der Waals surface area contributed by atoms with E-state index in [1.165, 1.54) is 10.6 Å². The zero-order valence-corrected chi connectivity index (χ0v) is 19.4. The summed E-state index contributed by atoms with van der Waals surface area (Å²) < 4.78 is 26.9. The first-order valence-electron chi connectivity index (χ1n) is 10.7. The number of amides is 1. The van der Waals surface area contributed by atoms with Gasteiger partial charge in [0.25, 0.3) is 5.91 Å². The van der Waals surface area contributed by atoms with Crippen LogP contribution in [0, 0.1) is 6.92 Å². The highest BCUT2D eigenvalue weighted by Crippen LogP contribution is 2.27. The van der Waals surface area contributed by atoms with E-state index in [1.807, 2.05) is 61.5 Å². The third-order valence-electron chi connectivity index (χ3n) is 6.08. The number of rotatable bonds is 5. The van der Waals surface area contributed by atoms with Gasteiger partial charge in [-0.1, -0.05) is 48.0 Å². The predicted molar refractivity (Wildman–Crippen MR) is 125 cm³/mol. The SMILES string of the molecule is Cc1ccc(-n2cc(C(=O)N3CCC(N(C)S(C)(=O)=O)CC3)c(-c3ccccc3)n2)cc1. The molecular weight excluding hydrogens is 424 g/mol. The lowest BCUT2D eigenvalue weighted by Crippen LogP contribution is -2.47. The van der Waals surface area contributed by atoms with Gasteiger partial charge in [0.2, 0.25) is 10.0 Å². The van der Waals surface area contributed by atoms with Gasteiger partial charge in [-0.05, 0) is 31.9 Å². The van der Waals surface area contributed by atoms with E-state index in [4.69, 9.17) is 5.10 Å². The van der Waals surface area contributed by atoms with Gasteiger partial charge in [-0.3, -0.25) is 4.79 Å². The Balaban J connectivity index is 1.62. The van der Waals surface area contributed by atoms with Crippen molar-refractivity contribution in [1.29, 1.82) is 0 Å². The summed E-state index contributed by atoms with van der Waals surface area (Å²) in [4.78, 5) is 15.3. The summed E-state index contributed by atoms with van der Waals surface area (Å²) in [6.07, 6.45) is 4.24. The molecule has 1 amide bonds. The minimum atomic E-state index is -3.25. The number of benzene rings is 2. The Morgan fingerprint density at radius 2 is 1.66 bits per heavy atom. The molecule has 1 saturated heterocycles. The Morgan fingerprint density at radius 1 is 1.03 bits per heavy atom. The number of piperidine rings is 1. The van der Waals surface area contributed by atoms with Crippen molar-refractivity contribution in [2.75, 3.05) is 26.4 Å². The Morgan fingerprint density at radius 3 is 2.25 bits per heavy atom. The maximum Gasteiger partial charge on any atom is 0.257 e. The standard InChI is InChI=1S/C24H28N4O3S/c1-18-9-11-21(12-10-18)28-17-22(23(25-28)19-7-5-4-6-8-19)24(29)27-15-13-20(14-16-27)26(2)32(3,30)31/h4-12,17,20H,13-16H2,1-3H3. The molecule has 32 heavy (non-hydrogen) atoms. The number of hydrogen-bond donors (Lipinski definition) is 0. The maximum absolute atomic E-state index is 13.5. The van der Waals surface area contributed by atoms with Crippen molar-refractivity contribution in [2.24, 2.45) is 0 Å². The fourth-order valence-corrected chi connectivity index (χ4v) is 4.80. The van der Waals surface area contributed by atoms with Crippen LogP contribution >= 0.6 is 0 Å². The first-order valence-corrected chi connectivity index (χ1v) is 12.5. The molecule has 1 aliphatic heterocycles. The van der Waals surface area contributed by atoms with Crippen LogP contribution in [-0.2, 0) is 10.0 Å². The third-order valence-corrected chi connectivity index (χ3v) is 7.42. The highest BCUT2D eigenvalue weighted by atomic mass is 32.2. The van der Waals surface area contributed by atoms with Crippen molar-refractivity contribution in [3.8, 4) is 16.9 Å². The quantitative estimate of drug-likeness (QED) is 0.595. The van der Waals surface area contributed by atoms with Gasteiger partial charge in [0, 0.05) is 37.9 Å². The van der Waals surface area contributed by atoms with Crippen LogP contribution in [0.1, 0.15) is 28.8 Å². The van der Waals surface area contributed by atoms with E-state index in [-0.39, 0.29) is 11.9 Å². The van der Waals surface area contributed by atoms with Crippen molar-refractivity contribution in [2.45, 2.75) is 25.8 Å². The molecule has 8 heteroatoms. The highest BCUT2D eigenvalue weighted by Gasteiger charge is 2.31. The Hall–Kier alpha value is -2.97. The largest absolute Gasteiger partial charge is 0.338 e. The summed E-state index contributed by atoms with van der Waals surface area (Å²) in [6.45, 7) is 3.04. The Bertz CT molecular complexity index is 1200. The van der Waals surface area contributed by atoms with Gasteiger partial charge in [0.1, 0.15) is 5.69 Å². The van der Waals surface area contributed by atoms with Crippen LogP contribution in [0.4, 0.5) is 0 Å². The van der Waals surface area contributed by atoms with Crippen LogP contribution in [0.25, 0.3) is 16.9 Å². The maximum atomic E-state index is 13.5. The smallest absolute Gasteiger partial charge is 0.257 e. The van der Waals surface area contributed by atoms with Crippen molar-refractivity contribution < 1.29 is 13.2 Å². The zero-order chi connectivity index (χ0) is 22.9. The first-order chi connectivity index (χ1) is 15.2. The summed E-state index contributed by atoms with van der Waals surface area (Å²) in [5.74, 6) is -0.0809. The second-order valence-corrected chi connectivity index (χ2v) is 10.4. The molecule has 3 aromatic rings. The lowest BCUT2D eigenvalue weighted by Gasteiger charge is -2.35. The summed E-state index contributed by atoms with van der Waals surface area (Å²) in [5, 5.41) is 4.75. The van der Waals surface area contributed by atoms with Gasteiger partial charge in [-0.25, -0.2) is 17.4 Å². The third kappa shape index (κ3) is 4.61. The lowest BCUT2D eigenvalue weighted by atomic mass is 10.0. The number of hydrogen-bond acceptors (Lipinski definition) is 4. The predicted octanol–water partition coefficient (Wildman–Crippen LogP) is 3.34. The fraction of sp³-hybridized carbons (Fsp3) is 0.333. The number of likely N-dealkylation sites (tertiary alicyclic amines) is 1. The molecule has 7 nitrogen and oxygen atoms in total. The summed E-state index contributed by atoms with van der Waals surface area (Å²) in [6, 6.07) is 17.6. The van der Waals surface area contributed by atoms with Crippen molar-refractivity contribution >= 4 is 15.9 Å². The van der Waals surface area contributed by atoms with E-state index in [9.17, 15) is 13.2 Å². The van der Waals surface area contributed by atoms with Gasteiger partial charge < -0.3 is 4.90 Å². The van der Waals surface area contributed by atoms with E-state index in [0.717, 1.165) is 16.8 Å². The highest BCUT2D eigenvalue weighted by molar-refractivity contribution is 7.88. The normalized spacial score (nSPS) is 15.3. The van der Waals surface area contributed by atoms with Crippen LogP contribution in [-0.4, -0.2) is 65.7 Å². The van der Waals surface area contributed by atoms with Gasteiger partial charge in [0.15, 0.2) is 0 Å². The first kappa shape index (κ1) is 22.2. The molecule has 1 aromatic heterocycles. The summed E-state index contributed by atoms with van der Waals surface area (Å²) in [7, 11) is -1.64. The molecule has 0 atom stereocenters. The van der Waals surface area contributed by atoms with Crippen molar-refractivity contribution in [1.82, 2.24) is 19.0 Å². The molecular formula is C24H28N4O3S. The zero-order valence-electron chi connectivity index (χ0n) is 18.6. The van der Waals surface area contributed by atoms with Gasteiger partial charge in [-0.2, -0.15) is 5.10 Å². The van der Waals surface area contributed by atoms with Crippen LogP contribution < -0.4 is 0 Å². The molecule has 0 N–H and O–H groups in total. The van der Waals surface area contributed by atoms with Crippen LogP contribution in [0.15, 0.2) is 60.8 Å². The van der Waals surface area contributed by atoms with E-state index in [1.54, 1.807) is 22.8 Å². The molecule has 1 aliphatic rings. The van der Waals surface area contributed by atoms with Gasteiger partial charge in [0.05, 0.1) is 17.5 Å². The molecule has 2 heterocycles. The molecule has 4 rings (SSSR count). The fourth-order valence-electron chi connectivity index (χ4n) is 4.04. The number of nitrogens with zero attached hydrogens (tertiary/aromatic N) is 4. The van der Waals surface area contributed by atoms with Gasteiger partial charge in [-0.15, -0.1) is 0 Å². The number of aryl methyl sites for hydroxylation is 1. The molecule has 2 aromatic carbocycles. The molecule has 0 radical (unpaired) electrons. The number of sulfonamides is 1. The van der Waals surface area contributed by atoms with Crippen LogP contribution in [0.5, 0.6) is 0 Å².